The number of fused-ring (bicyclic) bond motifs is 1. The maximum Gasteiger partial charge on any atom is 0.305 e. The zero-order chi connectivity index (χ0) is 20.1. The van der Waals surface area contributed by atoms with Crippen molar-refractivity contribution in [1.29, 1.82) is 0 Å². The van der Waals surface area contributed by atoms with Gasteiger partial charge in [0.2, 0.25) is 0 Å². The second kappa shape index (κ2) is 8.47. The van der Waals surface area contributed by atoms with Crippen LogP contribution in [-0.4, -0.2) is 42.2 Å². The number of carbonyl (C=O) groups excluding carboxylic acids is 4. The lowest BCUT2D eigenvalue weighted by Crippen LogP contribution is -2.29. The van der Waals surface area contributed by atoms with Gasteiger partial charge in [0.25, 0.3) is 17.7 Å². The number of hydrogen-bond donors (Lipinski definition) is 1. The molecule has 0 unspecified atom stereocenters. The molecule has 0 bridgehead atoms. The fourth-order valence-corrected chi connectivity index (χ4v) is 2.97. The Morgan fingerprint density at radius 3 is 2.14 bits per heavy atom. The van der Waals surface area contributed by atoms with Crippen LogP contribution in [-0.2, 0) is 16.1 Å². The predicted molar refractivity (Wildman–Crippen MR) is 101 cm³/mol. The first kappa shape index (κ1) is 19.3. The topological polar surface area (TPSA) is 92.8 Å². The third kappa shape index (κ3) is 4.09. The molecule has 0 spiro atoms. The number of benzene rings is 2. The minimum atomic E-state index is -0.313. The van der Waals surface area contributed by atoms with E-state index < -0.39 is 0 Å². The summed E-state index contributed by atoms with van der Waals surface area (Å²) in [6.07, 6.45) is 0.742. The van der Waals surface area contributed by atoms with Gasteiger partial charge in [-0.15, -0.1) is 0 Å². The zero-order valence-corrected chi connectivity index (χ0v) is 15.4. The summed E-state index contributed by atoms with van der Waals surface area (Å²) in [5.41, 5.74) is 2.03. The molecule has 2 aromatic rings. The lowest BCUT2D eigenvalue weighted by molar-refractivity contribution is -0.140. The van der Waals surface area contributed by atoms with Gasteiger partial charge in [-0.25, -0.2) is 0 Å². The monoisotopic (exact) mass is 380 g/mol. The molecule has 0 aromatic heterocycles. The van der Waals surface area contributed by atoms with Crippen LogP contribution in [0.2, 0.25) is 0 Å². The molecule has 3 rings (SSSR count). The van der Waals surface area contributed by atoms with E-state index in [0.717, 1.165) is 5.56 Å². The average molecular weight is 380 g/mol. The molecule has 7 heteroatoms. The van der Waals surface area contributed by atoms with E-state index in [9.17, 15) is 19.2 Å². The number of methoxy groups -OCH3 is 1. The van der Waals surface area contributed by atoms with E-state index in [1.54, 1.807) is 48.5 Å². The van der Waals surface area contributed by atoms with Gasteiger partial charge in [-0.3, -0.25) is 24.1 Å². The summed E-state index contributed by atoms with van der Waals surface area (Å²) in [6, 6.07) is 13.5. The number of nitrogens with one attached hydrogen (secondary N) is 1. The van der Waals surface area contributed by atoms with Crippen LogP contribution in [0.15, 0.2) is 48.5 Å². The first-order valence-corrected chi connectivity index (χ1v) is 8.90. The highest BCUT2D eigenvalue weighted by Gasteiger charge is 2.34. The molecule has 3 amide bonds. The Kier molecular flexibility index (Phi) is 5.84. The second-order valence-corrected chi connectivity index (χ2v) is 6.37. The molecular weight excluding hydrogens is 360 g/mol. The van der Waals surface area contributed by atoms with E-state index in [1.165, 1.54) is 12.0 Å². The lowest BCUT2D eigenvalue weighted by Gasteiger charge is -2.14. The Balaban J connectivity index is 1.56. The van der Waals surface area contributed by atoms with Crippen molar-refractivity contribution in [2.45, 2.75) is 19.4 Å². The molecule has 7 nitrogen and oxygen atoms in total. The third-order valence-corrected chi connectivity index (χ3v) is 4.51. The van der Waals surface area contributed by atoms with Gasteiger partial charge in [-0.05, 0) is 36.2 Å². The van der Waals surface area contributed by atoms with E-state index >= 15 is 0 Å². The van der Waals surface area contributed by atoms with Gasteiger partial charge in [0, 0.05) is 18.5 Å². The number of esters is 1. The summed E-state index contributed by atoms with van der Waals surface area (Å²) in [4.78, 5) is 49.2. The van der Waals surface area contributed by atoms with Crippen molar-refractivity contribution in [3.63, 3.8) is 0 Å². The van der Waals surface area contributed by atoms with E-state index in [4.69, 9.17) is 0 Å². The van der Waals surface area contributed by atoms with Gasteiger partial charge >= 0.3 is 5.97 Å². The second-order valence-electron chi connectivity index (χ2n) is 6.37. The maximum absolute atomic E-state index is 12.4. The zero-order valence-electron chi connectivity index (χ0n) is 15.4. The molecule has 0 fully saturated rings. The van der Waals surface area contributed by atoms with Crippen LogP contribution in [0.5, 0.6) is 0 Å². The predicted octanol–water partition coefficient (Wildman–Crippen LogP) is 2.17. The van der Waals surface area contributed by atoms with Gasteiger partial charge in [0.05, 0.1) is 24.8 Å². The highest BCUT2D eigenvalue weighted by molar-refractivity contribution is 6.21. The van der Waals surface area contributed by atoms with Crippen LogP contribution in [0.25, 0.3) is 0 Å². The fourth-order valence-electron chi connectivity index (χ4n) is 2.97. The summed E-state index contributed by atoms with van der Waals surface area (Å²) >= 11 is 0. The smallest absolute Gasteiger partial charge is 0.305 e. The fraction of sp³-hybridized carbons (Fsp3) is 0.238. The Morgan fingerprint density at radius 2 is 1.57 bits per heavy atom. The van der Waals surface area contributed by atoms with Gasteiger partial charge in [0.1, 0.15) is 0 Å². The van der Waals surface area contributed by atoms with Crippen molar-refractivity contribution in [3.8, 4) is 0 Å². The highest BCUT2D eigenvalue weighted by atomic mass is 16.5. The van der Waals surface area contributed by atoms with Gasteiger partial charge in [-0.2, -0.15) is 0 Å². The van der Waals surface area contributed by atoms with Gasteiger partial charge < -0.3 is 10.1 Å². The molecule has 144 valence electrons. The molecule has 0 saturated heterocycles. The molecule has 2 aromatic carbocycles. The van der Waals surface area contributed by atoms with Crippen molar-refractivity contribution in [2.75, 3.05) is 13.7 Å². The number of rotatable bonds is 7. The number of imide groups is 1. The van der Waals surface area contributed by atoms with Crippen molar-refractivity contribution >= 4 is 23.7 Å². The minimum absolute atomic E-state index is 0.146. The minimum Gasteiger partial charge on any atom is -0.469 e. The third-order valence-electron chi connectivity index (χ3n) is 4.51. The first-order chi connectivity index (χ1) is 13.5. The number of ether oxygens (including phenoxy) is 1. The Labute approximate surface area is 162 Å². The average Bonchev–Trinajstić information content (AvgIpc) is 2.96. The van der Waals surface area contributed by atoms with Crippen LogP contribution in [0.4, 0.5) is 0 Å². The number of carbonyl (C=O) groups is 4. The standard InChI is InChI=1S/C21H20N2O5/c1-28-18(24)7-4-12-22-19(25)15-10-8-14(9-11-15)13-23-20(26)16-5-2-3-6-17(16)21(23)27/h2-3,5-6,8-11H,4,7,12-13H2,1H3,(H,22,25). The van der Waals surface area contributed by atoms with Crippen LogP contribution < -0.4 is 5.32 Å². The summed E-state index contributed by atoms with van der Waals surface area (Å²) in [7, 11) is 1.32. The highest BCUT2D eigenvalue weighted by Crippen LogP contribution is 2.24. The molecule has 0 aliphatic carbocycles. The molecule has 1 aliphatic heterocycles. The normalized spacial score (nSPS) is 12.7. The Bertz CT molecular complexity index is 886. The number of amides is 3. The number of hydrogen-bond acceptors (Lipinski definition) is 5. The molecule has 1 heterocycles. The van der Waals surface area contributed by atoms with Crippen LogP contribution >= 0.6 is 0 Å². The summed E-state index contributed by atoms with van der Waals surface area (Å²) in [5, 5.41) is 2.73. The van der Waals surface area contributed by atoms with Crippen molar-refractivity contribution < 1.29 is 23.9 Å². The SMILES string of the molecule is COC(=O)CCCNC(=O)c1ccc(CN2C(=O)c3ccccc3C2=O)cc1. The molecule has 0 saturated carbocycles. The van der Waals surface area contributed by atoms with Crippen molar-refractivity contribution in [3.05, 3.63) is 70.8 Å². The molecule has 1 N–H and O–H groups in total. The summed E-state index contributed by atoms with van der Waals surface area (Å²) < 4.78 is 4.54. The quantitative estimate of drug-likeness (QED) is 0.451. The van der Waals surface area contributed by atoms with Crippen molar-refractivity contribution in [1.82, 2.24) is 10.2 Å². The molecular formula is C21H20N2O5. The molecule has 1 aliphatic rings. The first-order valence-electron chi connectivity index (χ1n) is 8.90. The van der Waals surface area contributed by atoms with Crippen LogP contribution in [0.3, 0.4) is 0 Å². The molecule has 28 heavy (non-hydrogen) atoms. The number of nitrogens with zero attached hydrogens (tertiary/aromatic N) is 1. The van der Waals surface area contributed by atoms with E-state index in [2.05, 4.69) is 10.1 Å². The lowest BCUT2D eigenvalue weighted by atomic mass is 10.1. The van der Waals surface area contributed by atoms with E-state index in [0.29, 0.717) is 29.7 Å². The van der Waals surface area contributed by atoms with Gasteiger partial charge in [-0.1, -0.05) is 24.3 Å². The summed E-state index contributed by atoms with van der Waals surface area (Å²) in [5.74, 6) is -1.19. The largest absolute Gasteiger partial charge is 0.469 e. The maximum atomic E-state index is 12.4. The summed E-state index contributed by atoms with van der Waals surface area (Å²) in [6.45, 7) is 0.512. The molecule has 0 atom stereocenters. The Hall–Kier alpha value is -3.48. The Morgan fingerprint density at radius 1 is 0.964 bits per heavy atom. The van der Waals surface area contributed by atoms with Gasteiger partial charge in [0.15, 0.2) is 0 Å². The van der Waals surface area contributed by atoms with Crippen LogP contribution in [0.1, 0.15) is 49.5 Å². The van der Waals surface area contributed by atoms with Crippen molar-refractivity contribution in [2.24, 2.45) is 0 Å². The van der Waals surface area contributed by atoms with E-state index in [-0.39, 0.29) is 36.7 Å². The van der Waals surface area contributed by atoms with E-state index in [1.807, 2.05) is 0 Å². The van der Waals surface area contributed by atoms with Crippen LogP contribution in [0, 0.1) is 0 Å². The molecule has 0 radical (unpaired) electrons.